The number of hydrogen-bond donors (Lipinski definition) is 1. The van der Waals surface area contributed by atoms with Crippen LogP contribution in [-0.4, -0.2) is 25.4 Å². The van der Waals surface area contributed by atoms with Crippen LogP contribution < -0.4 is 0 Å². The standard InChI is InChI=1S/C22H28O3S/c1-3-5-15-22(4-2)16-26(24,25)19-14-10-9-13-18(19)20(21(22)23)17-11-7-6-8-12-17/h6-14,20-21,23H,3-5,15-16H2,1-2H3. The lowest BCUT2D eigenvalue weighted by molar-refractivity contribution is 0.0174. The number of sulfone groups is 1. The number of hydrogen-bond acceptors (Lipinski definition) is 3. The second kappa shape index (κ2) is 7.53. The van der Waals surface area contributed by atoms with E-state index in [1.807, 2.05) is 49.4 Å². The van der Waals surface area contributed by atoms with Gasteiger partial charge in [-0.1, -0.05) is 75.2 Å². The van der Waals surface area contributed by atoms with Gasteiger partial charge in [0.15, 0.2) is 9.84 Å². The maximum atomic E-state index is 13.2. The summed E-state index contributed by atoms with van der Waals surface area (Å²) >= 11 is 0. The van der Waals surface area contributed by atoms with Crippen LogP contribution in [0.1, 0.15) is 56.6 Å². The van der Waals surface area contributed by atoms with Crippen molar-refractivity contribution in [1.29, 1.82) is 0 Å². The number of fused-ring (bicyclic) bond motifs is 1. The van der Waals surface area contributed by atoms with E-state index in [1.54, 1.807) is 12.1 Å². The fourth-order valence-electron chi connectivity index (χ4n) is 4.34. The van der Waals surface area contributed by atoms with Crippen LogP contribution in [0.5, 0.6) is 0 Å². The molecule has 0 saturated carbocycles. The lowest BCUT2D eigenvalue weighted by atomic mass is 9.69. The second-order valence-electron chi connectivity index (χ2n) is 7.45. The first kappa shape index (κ1) is 19.1. The van der Waals surface area contributed by atoms with Crippen LogP contribution in [0, 0.1) is 5.41 Å². The van der Waals surface area contributed by atoms with E-state index in [9.17, 15) is 13.5 Å². The van der Waals surface area contributed by atoms with Crippen LogP contribution in [0.25, 0.3) is 0 Å². The van der Waals surface area contributed by atoms with Gasteiger partial charge in [0.1, 0.15) is 0 Å². The van der Waals surface area contributed by atoms with Crippen molar-refractivity contribution in [2.75, 3.05) is 5.75 Å². The van der Waals surface area contributed by atoms with Gasteiger partial charge in [0.25, 0.3) is 0 Å². The molecule has 1 aliphatic rings. The molecule has 0 radical (unpaired) electrons. The van der Waals surface area contributed by atoms with Gasteiger partial charge in [-0.2, -0.15) is 0 Å². The first-order valence-electron chi connectivity index (χ1n) is 9.50. The molecule has 3 nitrogen and oxygen atoms in total. The third-order valence-electron chi connectivity index (χ3n) is 5.90. The zero-order valence-corrected chi connectivity index (χ0v) is 16.4. The lowest BCUT2D eigenvalue weighted by Gasteiger charge is -2.39. The van der Waals surface area contributed by atoms with Gasteiger partial charge >= 0.3 is 0 Å². The normalized spacial score (nSPS) is 27.5. The lowest BCUT2D eigenvalue weighted by Crippen LogP contribution is -2.42. The van der Waals surface area contributed by atoms with Crippen LogP contribution in [0.15, 0.2) is 59.5 Å². The molecule has 3 atom stereocenters. The number of unbranched alkanes of at least 4 members (excludes halogenated alkanes) is 1. The van der Waals surface area contributed by atoms with Gasteiger partial charge in [-0.3, -0.25) is 0 Å². The Balaban J connectivity index is 2.25. The summed E-state index contributed by atoms with van der Waals surface area (Å²) in [6, 6.07) is 17.0. The minimum atomic E-state index is -3.46. The van der Waals surface area contributed by atoms with Crippen molar-refractivity contribution in [3.63, 3.8) is 0 Å². The van der Waals surface area contributed by atoms with Gasteiger partial charge in [-0.05, 0) is 30.0 Å². The Hall–Kier alpha value is -1.65. The fraction of sp³-hybridized carbons (Fsp3) is 0.455. The van der Waals surface area contributed by atoms with E-state index in [0.717, 1.165) is 30.4 Å². The molecule has 3 rings (SSSR count). The van der Waals surface area contributed by atoms with E-state index in [-0.39, 0.29) is 11.7 Å². The van der Waals surface area contributed by atoms with Gasteiger partial charge in [-0.25, -0.2) is 8.42 Å². The SMILES string of the molecule is CCCCC1(CC)CS(=O)(=O)c2ccccc2C(c2ccccc2)C1O. The van der Waals surface area contributed by atoms with Crippen molar-refractivity contribution in [3.8, 4) is 0 Å². The summed E-state index contributed by atoms with van der Waals surface area (Å²) in [5.41, 5.74) is 1.06. The Morgan fingerprint density at radius 1 is 1.04 bits per heavy atom. The summed E-state index contributed by atoms with van der Waals surface area (Å²) in [5, 5.41) is 11.6. The molecule has 2 aromatic rings. The molecule has 0 spiro atoms. The van der Waals surface area contributed by atoms with E-state index in [4.69, 9.17) is 0 Å². The fourth-order valence-corrected chi connectivity index (χ4v) is 6.62. The summed E-state index contributed by atoms with van der Waals surface area (Å²) in [6.45, 7) is 4.11. The molecule has 1 heterocycles. The zero-order chi connectivity index (χ0) is 18.8. The Morgan fingerprint density at radius 2 is 1.69 bits per heavy atom. The smallest absolute Gasteiger partial charge is 0.179 e. The van der Waals surface area contributed by atoms with E-state index in [1.165, 1.54) is 0 Å². The molecule has 0 bridgehead atoms. The van der Waals surface area contributed by atoms with Gasteiger partial charge in [0.2, 0.25) is 0 Å². The van der Waals surface area contributed by atoms with Crippen molar-refractivity contribution in [3.05, 3.63) is 65.7 Å². The van der Waals surface area contributed by atoms with Gasteiger partial charge in [0.05, 0.1) is 16.8 Å². The average Bonchev–Trinajstić information content (AvgIpc) is 2.73. The first-order chi connectivity index (χ1) is 12.4. The van der Waals surface area contributed by atoms with E-state index < -0.39 is 21.4 Å². The number of benzene rings is 2. The van der Waals surface area contributed by atoms with Gasteiger partial charge < -0.3 is 5.11 Å². The minimum absolute atomic E-state index is 0.0119. The Morgan fingerprint density at radius 3 is 2.35 bits per heavy atom. The molecule has 0 aliphatic carbocycles. The summed E-state index contributed by atoms with van der Waals surface area (Å²) in [6.07, 6.45) is 2.53. The molecule has 0 saturated heterocycles. The van der Waals surface area contributed by atoms with Crippen molar-refractivity contribution >= 4 is 9.84 Å². The molecule has 0 amide bonds. The number of rotatable bonds is 5. The minimum Gasteiger partial charge on any atom is -0.392 e. The molecule has 26 heavy (non-hydrogen) atoms. The maximum Gasteiger partial charge on any atom is 0.179 e. The van der Waals surface area contributed by atoms with Crippen LogP contribution in [0.2, 0.25) is 0 Å². The Kier molecular flexibility index (Phi) is 5.54. The molecule has 4 heteroatoms. The van der Waals surface area contributed by atoms with Gasteiger partial charge in [0, 0.05) is 11.3 Å². The van der Waals surface area contributed by atoms with Crippen LogP contribution in [-0.2, 0) is 9.84 Å². The topological polar surface area (TPSA) is 54.4 Å². The van der Waals surface area contributed by atoms with Crippen molar-refractivity contribution in [2.24, 2.45) is 5.41 Å². The molecular weight excluding hydrogens is 344 g/mol. The van der Waals surface area contributed by atoms with Crippen LogP contribution in [0.4, 0.5) is 0 Å². The summed E-state index contributed by atoms with van der Waals surface area (Å²) in [5.74, 6) is -0.320. The van der Waals surface area contributed by atoms with Crippen LogP contribution >= 0.6 is 0 Å². The van der Waals surface area contributed by atoms with Crippen molar-refractivity contribution < 1.29 is 13.5 Å². The summed E-state index contributed by atoms with van der Waals surface area (Å²) < 4.78 is 26.5. The molecular formula is C22H28O3S. The molecule has 0 aromatic heterocycles. The van der Waals surface area contributed by atoms with Crippen LogP contribution in [0.3, 0.4) is 0 Å². The highest BCUT2D eigenvalue weighted by Crippen LogP contribution is 2.48. The Bertz CT molecular complexity index is 845. The average molecular weight is 373 g/mol. The Labute approximate surface area is 157 Å². The van der Waals surface area contributed by atoms with Crippen molar-refractivity contribution in [2.45, 2.75) is 56.4 Å². The summed E-state index contributed by atoms with van der Waals surface area (Å²) in [7, 11) is -3.46. The molecule has 2 aromatic carbocycles. The highest BCUT2D eigenvalue weighted by Gasteiger charge is 2.48. The third kappa shape index (κ3) is 3.33. The number of aliphatic hydroxyl groups is 1. The number of aliphatic hydroxyl groups excluding tert-OH is 1. The summed E-state index contributed by atoms with van der Waals surface area (Å²) in [4.78, 5) is 0.375. The first-order valence-corrected chi connectivity index (χ1v) is 11.1. The van der Waals surface area contributed by atoms with Crippen molar-refractivity contribution in [1.82, 2.24) is 0 Å². The monoisotopic (exact) mass is 372 g/mol. The zero-order valence-electron chi connectivity index (χ0n) is 15.6. The van der Waals surface area contributed by atoms with E-state index in [0.29, 0.717) is 11.3 Å². The molecule has 140 valence electrons. The molecule has 0 fully saturated rings. The largest absolute Gasteiger partial charge is 0.392 e. The third-order valence-corrected chi connectivity index (χ3v) is 7.90. The molecule has 1 aliphatic heterocycles. The highest BCUT2D eigenvalue weighted by atomic mass is 32.2. The second-order valence-corrected chi connectivity index (χ2v) is 9.41. The quantitative estimate of drug-likeness (QED) is 0.837. The predicted molar refractivity (Wildman–Crippen MR) is 105 cm³/mol. The molecule has 3 unspecified atom stereocenters. The highest BCUT2D eigenvalue weighted by molar-refractivity contribution is 7.91. The maximum absolute atomic E-state index is 13.2. The molecule has 1 N–H and O–H groups in total. The van der Waals surface area contributed by atoms with Gasteiger partial charge in [-0.15, -0.1) is 0 Å². The van der Waals surface area contributed by atoms with E-state index in [2.05, 4.69) is 6.92 Å². The predicted octanol–water partition coefficient (Wildman–Crippen LogP) is 4.55. The van der Waals surface area contributed by atoms with E-state index >= 15 is 0 Å².